The predicted octanol–water partition coefficient (Wildman–Crippen LogP) is 15.1. The molecule has 3 heteroatoms. The van der Waals surface area contributed by atoms with Gasteiger partial charge in [0.25, 0.3) is 0 Å². The van der Waals surface area contributed by atoms with Crippen molar-refractivity contribution in [2.24, 2.45) is 8.73 Å². The first-order valence-electron chi connectivity index (χ1n) is 18.7. The highest BCUT2D eigenvalue weighted by Crippen LogP contribution is 2.47. The van der Waals surface area contributed by atoms with Crippen molar-refractivity contribution in [2.75, 3.05) is 0 Å². The van der Waals surface area contributed by atoms with E-state index >= 15 is 0 Å². The number of aryl methyl sites for hydroxylation is 14. The number of rotatable bonds is 6. The van der Waals surface area contributed by atoms with Gasteiger partial charge in [0.2, 0.25) is 0 Å². The summed E-state index contributed by atoms with van der Waals surface area (Å²) in [5.41, 5.74) is 29.1. The van der Waals surface area contributed by atoms with Crippen molar-refractivity contribution in [2.45, 2.75) is 96.9 Å². The number of hydrogen-bond donors (Lipinski definition) is 0. The molecule has 0 spiro atoms. The van der Waals surface area contributed by atoms with Crippen LogP contribution in [0, 0.1) is 96.9 Å². The van der Waals surface area contributed by atoms with E-state index < -0.39 is 0 Å². The van der Waals surface area contributed by atoms with Crippen molar-refractivity contribution in [1.82, 2.24) is 0 Å². The lowest BCUT2D eigenvalue weighted by Gasteiger charge is -2.20. The molecular weight excluding hydrogens is 661 g/mol. The summed E-state index contributed by atoms with van der Waals surface area (Å²) in [6.45, 7) is 30.9. The molecule has 270 valence electrons. The van der Waals surface area contributed by atoms with Crippen LogP contribution in [0.1, 0.15) is 77.9 Å². The molecule has 0 bridgehead atoms. The minimum atomic E-state index is 0.968. The maximum Gasteiger partial charge on any atom is 0.0932 e. The molecule has 0 atom stereocenters. The Morgan fingerprint density at radius 1 is 0.264 bits per heavy atom. The van der Waals surface area contributed by atoms with Crippen LogP contribution in [0.2, 0.25) is 0 Å². The fourth-order valence-electron chi connectivity index (χ4n) is 9.04. The molecule has 0 radical (unpaired) electrons. The number of benzene rings is 6. The van der Waals surface area contributed by atoms with Gasteiger partial charge in [0, 0.05) is 22.3 Å². The van der Waals surface area contributed by atoms with E-state index in [2.05, 4.69) is 170 Å². The Labute approximate surface area is 322 Å². The molecule has 0 aliphatic carbocycles. The monoisotopic (exact) mass is 714 g/mol. The lowest BCUT2D eigenvalue weighted by molar-refractivity contribution is 1.30. The van der Waals surface area contributed by atoms with Crippen molar-refractivity contribution >= 4 is 22.7 Å². The fraction of sp³-hybridized carbons (Fsp3) is 0.280. The highest BCUT2D eigenvalue weighted by molar-refractivity contribution is 7.57. The van der Waals surface area contributed by atoms with E-state index in [1.807, 2.05) is 0 Å². The van der Waals surface area contributed by atoms with E-state index in [4.69, 9.17) is 8.73 Å². The van der Waals surface area contributed by atoms with Gasteiger partial charge in [-0.05, 0) is 199 Å². The van der Waals surface area contributed by atoms with Crippen LogP contribution in [-0.4, -0.2) is 0 Å². The maximum absolute atomic E-state index is 5.46. The van der Waals surface area contributed by atoms with Gasteiger partial charge in [-0.2, -0.15) is 8.73 Å². The first-order valence-corrected chi connectivity index (χ1v) is 19.5. The van der Waals surface area contributed by atoms with Crippen molar-refractivity contribution in [3.8, 4) is 44.5 Å². The van der Waals surface area contributed by atoms with E-state index in [0.29, 0.717) is 0 Å². The van der Waals surface area contributed by atoms with Crippen LogP contribution in [0.5, 0.6) is 0 Å². The summed E-state index contributed by atoms with van der Waals surface area (Å²) in [6.07, 6.45) is 0. The Morgan fingerprint density at radius 3 is 0.623 bits per heavy atom. The van der Waals surface area contributed by atoms with E-state index in [-0.39, 0.29) is 0 Å². The summed E-state index contributed by atoms with van der Waals surface area (Å²) in [5, 5.41) is 0. The summed E-state index contributed by atoms with van der Waals surface area (Å²) in [5.74, 6) is 0. The SMILES string of the molecule is Cc1cc(C)c(-c2cc(C)cc(-c3c(C)cc(C)cc3C)c2N=S=Nc2c(-c3c(C)cc(C)cc3C)cc(C)cc2-c2c(C)cc(C)cc2C)c(C)c1. The topological polar surface area (TPSA) is 24.7 Å². The zero-order valence-electron chi connectivity index (χ0n) is 34.2. The highest BCUT2D eigenvalue weighted by atomic mass is 32.1. The van der Waals surface area contributed by atoms with E-state index in [9.17, 15) is 0 Å². The third-order valence-electron chi connectivity index (χ3n) is 10.6. The standard InChI is InChI=1S/C50H54N2S/c1-27-15-33(7)45(34(8)16-27)41-23-31(5)24-42(46-35(9)17-28(2)18-36(46)10)49(41)51-53-52-50-43(47-37(11)19-29(3)20-38(47)12)25-32(6)26-44(50)48-39(13)21-30(4)22-40(48)14/h15-26H,1-14H3. The zero-order chi connectivity index (χ0) is 38.5. The second-order valence-corrected chi connectivity index (χ2v) is 16.3. The summed E-state index contributed by atoms with van der Waals surface area (Å²) < 4.78 is 10.9. The average molecular weight is 715 g/mol. The Balaban J connectivity index is 1.73. The molecule has 0 fully saturated rings. The first-order chi connectivity index (χ1) is 25.0. The second kappa shape index (κ2) is 14.9. The van der Waals surface area contributed by atoms with Gasteiger partial charge >= 0.3 is 0 Å². The molecule has 6 aromatic rings. The van der Waals surface area contributed by atoms with Crippen LogP contribution in [-0.2, 0) is 11.4 Å². The third-order valence-corrected chi connectivity index (χ3v) is 11.1. The molecule has 0 saturated heterocycles. The van der Waals surface area contributed by atoms with Crippen LogP contribution in [0.3, 0.4) is 0 Å². The Morgan fingerprint density at radius 2 is 0.434 bits per heavy atom. The Bertz CT molecular complexity index is 2100. The molecule has 0 unspecified atom stereocenters. The normalized spacial score (nSPS) is 11.2. The molecule has 6 aromatic carbocycles. The minimum absolute atomic E-state index is 0.968. The maximum atomic E-state index is 5.46. The summed E-state index contributed by atoms with van der Waals surface area (Å²) in [7, 11) is 0. The van der Waals surface area contributed by atoms with Gasteiger partial charge in [-0.25, -0.2) is 0 Å². The molecule has 6 rings (SSSR count). The molecule has 0 aliphatic heterocycles. The van der Waals surface area contributed by atoms with E-state index in [1.165, 1.54) is 111 Å². The quantitative estimate of drug-likeness (QED) is 0.164. The minimum Gasteiger partial charge on any atom is -0.174 e. The van der Waals surface area contributed by atoms with Crippen LogP contribution in [0.25, 0.3) is 44.5 Å². The molecule has 0 amide bonds. The van der Waals surface area contributed by atoms with Crippen molar-refractivity contribution in [1.29, 1.82) is 0 Å². The molecule has 53 heavy (non-hydrogen) atoms. The van der Waals surface area contributed by atoms with Gasteiger partial charge in [0.1, 0.15) is 0 Å². The highest BCUT2D eigenvalue weighted by Gasteiger charge is 2.21. The summed E-state index contributed by atoms with van der Waals surface area (Å²) in [4.78, 5) is 0. The number of nitrogens with zero attached hydrogens (tertiary/aromatic N) is 2. The van der Waals surface area contributed by atoms with E-state index in [1.54, 1.807) is 0 Å². The Kier molecular flexibility index (Phi) is 10.6. The Hall–Kier alpha value is -4.86. The largest absolute Gasteiger partial charge is 0.174 e. The lowest BCUT2D eigenvalue weighted by atomic mass is 9.86. The predicted molar refractivity (Wildman–Crippen MR) is 232 cm³/mol. The van der Waals surface area contributed by atoms with Crippen LogP contribution >= 0.6 is 0 Å². The first kappa shape index (κ1) is 37.9. The van der Waals surface area contributed by atoms with Gasteiger partial charge in [0.15, 0.2) is 0 Å². The molecule has 2 nitrogen and oxygen atoms in total. The van der Waals surface area contributed by atoms with Crippen LogP contribution in [0.15, 0.2) is 81.5 Å². The average Bonchev–Trinajstić information content (AvgIpc) is 3.01. The second-order valence-electron chi connectivity index (χ2n) is 15.8. The van der Waals surface area contributed by atoms with Gasteiger partial charge < -0.3 is 0 Å². The zero-order valence-corrected chi connectivity index (χ0v) is 35.0. The van der Waals surface area contributed by atoms with Crippen LogP contribution in [0.4, 0.5) is 11.4 Å². The van der Waals surface area contributed by atoms with Gasteiger partial charge in [-0.3, -0.25) is 0 Å². The van der Waals surface area contributed by atoms with Gasteiger partial charge in [-0.1, -0.05) is 70.8 Å². The summed E-state index contributed by atoms with van der Waals surface area (Å²) >= 11 is 1.32. The molecule has 0 saturated carbocycles. The fourth-order valence-corrected chi connectivity index (χ4v) is 9.64. The smallest absolute Gasteiger partial charge is 0.0932 e. The molecule has 0 aromatic heterocycles. The van der Waals surface area contributed by atoms with Crippen molar-refractivity contribution in [3.05, 3.63) is 151 Å². The lowest BCUT2D eigenvalue weighted by Crippen LogP contribution is -1.96. The molecule has 0 heterocycles. The third kappa shape index (κ3) is 7.50. The van der Waals surface area contributed by atoms with E-state index in [0.717, 1.165) is 33.6 Å². The van der Waals surface area contributed by atoms with Crippen molar-refractivity contribution in [3.63, 3.8) is 0 Å². The summed E-state index contributed by atoms with van der Waals surface area (Å²) in [6, 6.07) is 27.6. The molecular formula is C50H54N2S. The van der Waals surface area contributed by atoms with Gasteiger partial charge in [0.05, 0.1) is 22.7 Å². The van der Waals surface area contributed by atoms with Crippen LogP contribution < -0.4 is 0 Å². The molecule has 0 N–H and O–H groups in total. The molecule has 0 aliphatic rings. The van der Waals surface area contributed by atoms with Gasteiger partial charge in [-0.15, -0.1) is 0 Å². The van der Waals surface area contributed by atoms with Crippen molar-refractivity contribution < 1.29 is 0 Å². The number of hydrogen-bond acceptors (Lipinski definition) is 2.